The van der Waals surface area contributed by atoms with Crippen molar-refractivity contribution in [2.75, 3.05) is 0 Å². The largest absolute Gasteiger partial charge is 0.265 e. The highest BCUT2D eigenvalue weighted by molar-refractivity contribution is 6.16. The first-order valence-corrected chi connectivity index (χ1v) is 20.0. The second-order valence-electron chi connectivity index (χ2n) is 14.9. The standard InChI is InChI=1S/C55H35N5/c1-2-6-50-48(5-1)53(49-24-23-46-4-3-29-58-54(46)55(49)60-50)45-21-15-37(16-22-45)36-7-9-40(10-8-36)47-34-51(43-17-11-38(12-18-43)41-25-30-56-31-26-41)59-52(35-47)44-19-13-39(14-20-44)42-27-32-57-33-28-42/h1-35H. The van der Waals surface area contributed by atoms with Gasteiger partial charge in [0.05, 0.1) is 27.9 Å². The average molecular weight is 766 g/mol. The predicted molar refractivity (Wildman–Crippen MR) is 246 cm³/mol. The van der Waals surface area contributed by atoms with E-state index in [1.807, 2.05) is 67.4 Å². The van der Waals surface area contributed by atoms with E-state index in [1.165, 1.54) is 5.56 Å². The van der Waals surface area contributed by atoms with Crippen LogP contribution in [0.15, 0.2) is 213 Å². The first-order valence-electron chi connectivity index (χ1n) is 20.0. The summed E-state index contributed by atoms with van der Waals surface area (Å²) in [5.74, 6) is 0. The van der Waals surface area contributed by atoms with Crippen molar-refractivity contribution in [3.8, 4) is 78.1 Å². The van der Waals surface area contributed by atoms with Gasteiger partial charge in [-0.3, -0.25) is 15.0 Å². The number of aromatic nitrogens is 5. The lowest BCUT2D eigenvalue weighted by Crippen LogP contribution is -1.92. The Morgan fingerprint density at radius 3 is 1.30 bits per heavy atom. The Balaban J connectivity index is 0.945. The van der Waals surface area contributed by atoms with E-state index in [2.05, 4.69) is 156 Å². The highest BCUT2D eigenvalue weighted by Crippen LogP contribution is 2.39. The van der Waals surface area contributed by atoms with E-state index in [-0.39, 0.29) is 0 Å². The van der Waals surface area contributed by atoms with Crippen LogP contribution in [-0.2, 0) is 0 Å². The van der Waals surface area contributed by atoms with Gasteiger partial charge in [0.15, 0.2) is 0 Å². The summed E-state index contributed by atoms with van der Waals surface area (Å²) < 4.78 is 0. The van der Waals surface area contributed by atoms with Gasteiger partial charge in [-0.25, -0.2) is 9.97 Å². The summed E-state index contributed by atoms with van der Waals surface area (Å²) in [6.45, 7) is 0. The first-order chi connectivity index (χ1) is 29.7. The molecule has 6 aromatic carbocycles. The molecule has 0 atom stereocenters. The molecule has 0 aliphatic rings. The Morgan fingerprint density at radius 2 is 0.750 bits per heavy atom. The van der Waals surface area contributed by atoms with Gasteiger partial charge in [0.2, 0.25) is 0 Å². The minimum atomic E-state index is 0.918. The quantitative estimate of drug-likeness (QED) is 0.119. The molecule has 0 fully saturated rings. The first kappa shape index (κ1) is 35.0. The van der Waals surface area contributed by atoms with Crippen molar-refractivity contribution < 1.29 is 0 Å². The Labute approximate surface area is 347 Å². The van der Waals surface area contributed by atoms with Crippen LogP contribution in [0.5, 0.6) is 0 Å². The molecule has 0 aliphatic heterocycles. The smallest absolute Gasteiger partial charge is 0.0978 e. The minimum absolute atomic E-state index is 0.918. The third-order valence-corrected chi connectivity index (χ3v) is 11.4. The van der Waals surface area contributed by atoms with Gasteiger partial charge >= 0.3 is 0 Å². The Bertz CT molecular complexity index is 3210. The van der Waals surface area contributed by atoms with Crippen molar-refractivity contribution in [1.82, 2.24) is 24.9 Å². The van der Waals surface area contributed by atoms with Crippen molar-refractivity contribution in [2.45, 2.75) is 0 Å². The fraction of sp³-hybridized carbons (Fsp3) is 0. The van der Waals surface area contributed by atoms with Crippen molar-refractivity contribution >= 4 is 32.7 Å². The van der Waals surface area contributed by atoms with Gasteiger partial charge in [0, 0.05) is 63.8 Å². The van der Waals surface area contributed by atoms with Gasteiger partial charge < -0.3 is 0 Å². The van der Waals surface area contributed by atoms with Gasteiger partial charge in [0.25, 0.3) is 0 Å². The summed E-state index contributed by atoms with van der Waals surface area (Å²) in [6.07, 6.45) is 9.15. The van der Waals surface area contributed by atoms with Crippen molar-refractivity contribution in [2.24, 2.45) is 0 Å². The third-order valence-electron chi connectivity index (χ3n) is 11.4. The molecular formula is C55H35N5. The van der Waals surface area contributed by atoms with E-state index in [0.29, 0.717) is 0 Å². The Morgan fingerprint density at radius 1 is 0.283 bits per heavy atom. The van der Waals surface area contributed by atoms with Crippen LogP contribution in [-0.4, -0.2) is 24.9 Å². The molecule has 11 rings (SSSR count). The Hall–Kier alpha value is -8.15. The van der Waals surface area contributed by atoms with Crippen LogP contribution >= 0.6 is 0 Å². The van der Waals surface area contributed by atoms with Crippen LogP contribution < -0.4 is 0 Å². The summed E-state index contributed by atoms with van der Waals surface area (Å²) in [5, 5.41) is 3.31. The number of pyridine rings is 5. The summed E-state index contributed by atoms with van der Waals surface area (Å²) in [7, 11) is 0. The third kappa shape index (κ3) is 6.54. The number of hydrogen-bond donors (Lipinski definition) is 0. The molecule has 5 aromatic heterocycles. The number of para-hydroxylation sites is 1. The van der Waals surface area contributed by atoms with Gasteiger partial charge in [-0.2, -0.15) is 0 Å². The molecule has 0 N–H and O–H groups in total. The number of benzene rings is 6. The summed E-state index contributed by atoms with van der Waals surface area (Å²) in [5.41, 5.74) is 18.2. The maximum absolute atomic E-state index is 5.23. The fourth-order valence-corrected chi connectivity index (χ4v) is 8.24. The number of nitrogens with zero attached hydrogens (tertiary/aromatic N) is 5. The topological polar surface area (TPSA) is 64.5 Å². The van der Waals surface area contributed by atoms with Gasteiger partial charge in [-0.15, -0.1) is 0 Å². The van der Waals surface area contributed by atoms with Gasteiger partial charge in [-0.05, 0) is 98.6 Å². The zero-order valence-electron chi connectivity index (χ0n) is 32.4. The van der Waals surface area contributed by atoms with E-state index < -0.39 is 0 Å². The second kappa shape index (κ2) is 15.0. The Kier molecular flexibility index (Phi) is 8.75. The van der Waals surface area contributed by atoms with Crippen LogP contribution in [0, 0.1) is 0 Å². The molecule has 0 saturated carbocycles. The zero-order chi connectivity index (χ0) is 39.8. The molecule has 5 nitrogen and oxygen atoms in total. The fourth-order valence-electron chi connectivity index (χ4n) is 8.24. The van der Waals surface area contributed by atoms with E-state index in [1.54, 1.807) is 0 Å². The van der Waals surface area contributed by atoms with Crippen LogP contribution in [0.1, 0.15) is 0 Å². The van der Waals surface area contributed by atoms with Crippen molar-refractivity contribution in [3.63, 3.8) is 0 Å². The second-order valence-corrected chi connectivity index (χ2v) is 14.9. The van der Waals surface area contributed by atoms with Gasteiger partial charge in [0.1, 0.15) is 0 Å². The van der Waals surface area contributed by atoms with E-state index in [0.717, 1.165) is 105 Å². The predicted octanol–water partition coefficient (Wildman–Crippen LogP) is 13.8. The van der Waals surface area contributed by atoms with Crippen LogP contribution in [0.4, 0.5) is 0 Å². The SMILES string of the molecule is c1cnc2c(c1)ccc1c(-c3ccc(-c4ccc(-c5cc(-c6ccc(-c7ccncc7)cc6)nc(-c6ccc(-c7ccncc7)cc6)c5)cc4)cc3)c3ccccc3nc12. The molecule has 0 saturated heterocycles. The maximum Gasteiger partial charge on any atom is 0.0978 e. The minimum Gasteiger partial charge on any atom is -0.265 e. The maximum atomic E-state index is 5.23. The molecular weight excluding hydrogens is 731 g/mol. The molecule has 0 aliphatic carbocycles. The molecule has 280 valence electrons. The van der Waals surface area contributed by atoms with E-state index >= 15 is 0 Å². The van der Waals surface area contributed by atoms with Crippen molar-refractivity contribution in [3.05, 3.63) is 213 Å². The van der Waals surface area contributed by atoms with Crippen LogP contribution in [0.25, 0.3) is 111 Å². The van der Waals surface area contributed by atoms with Crippen molar-refractivity contribution in [1.29, 1.82) is 0 Å². The molecule has 0 unspecified atom stereocenters. The molecule has 11 aromatic rings. The lowest BCUT2D eigenvalue weighted by molar-refractivity contribution is 1.32. The summed E-state index contributed by atoms with van der Waals surface area (Å²) in [6, 6.07) is 64.3. The average Bonchev–Trinajstić information content (AvgIpc) is 3.34. The normalized spacial score (nSPS) is 11.3. The molecule has 60 heavy (non-hydrogen) atoms. The van der Waals surface area contributed by atoms with Crippen LogP contribution in [0.3, 0.4) is 0 Å². The number of hydrogen-bond acceptors (Lipinski definition) is 5. The van der Waals surface area contributed by atoms with Crippen LogP contribution in [0.2, 0.25) is 0 Å². The lowest BCUT2D eigenvalue weighted by Gasteiger charge is -2.14. The molecule has 0 spiro atoms. The van der Waals surface area contributed by atoms with Gasteiger partial charge in [-0.1, -0.05) is 133 Å². The summed E-state index contributed by atoms with van der Waals surface area (Å²) in [4.78, 5) is 23.4. The lowest BCUT2D eigenvalue weighted by atomic mass is 9.93. The van der Waals surface area contributed by atoms with E-state index in [9.17, 15) is 0 Å². The molecule has 0 bridgehead atoms. The molecule has 0 radical (unpaired) electrons. The summed E-state index contributed by atoms with van der Waals surface area (Å²) >= 11 is 0. The number of rotatable bonds is 7. The highest BCUT2D eigenvalue weighted by Gasteiger charge is 2.15. The number of fused-ring (bicyclic) bond motifs is 4. The van der Waals surface area contributed by atoms with E-state index in [4.69, 9.17) is 15.0 Å². The highest BCUT2D eigenvalue weighted by atomic mass is 14.7. The monoisotopic (exact) mass is 765 g/mol. The molecule has 5 heteroatoms. The molecule has 0 amide bonds. The zero-order valence-corrected chi connectivity index (χ0v) is 32.4. The molecule has 5 heterocycles.